The topological polar surface area (TPSA) is 50.4 Å². The van der Waals surface area contributed by atoms with Crippen molar-refractivity contribution in [1.29, 1.82) is 0 Å². The zero-order valence-corrected chi connectivity index (χ0v) is 14.7. The minimum Gasteiger partial charge on any atom is -0.408 e. The zero-order chi connectivity index (χ0) is 17.4. The van der Waals surface area contributed by atoms with Gasteiger partial charge in [0.15, 0.2) is 5.58 Å². The number of hydrogen-bond acceptors (Lipinski definition) is 4. The molecule has 0 atom stereocenters. The number of oxazole rings is 1. The Hall–Kier alpha value is -2.69. The third-order valence-electron chi connectivity index (χ3n) is 5.10. The molecule has 5 nitrogen and oxygen atoms in total. The molecule has 0 unspecified atom stereocenters. The van der Waals surface area contributed by atoms with E-state index in [4.69, 9.17) is 4.42 Å². The average Bonchev–Trinajstić information content (AvgIpc) is 2.90. The van der Waals surface area contributed by atoms with Gasteiger partial charge in [-0.25, -0.2) is 4.79 Å². The first-order chi connectivity index (χ1) is 12.1. The normalized spacial score (nSPS) is 15.7. The lowest BCUT2D eigenvalue weighted by molar-refractivity contribution is 0.438. The van der Waals surface area contributed by atoms with Gasteiger partial charge >= 0.3 is 5.76 Å². The van der Waals surface area contributed by atoms with Crippen molar-refractivity contribution < 1.29 is 4.42 Å². The number of fused-ring (bicyclic) bond motifs is 1. The summed E-state index contributed by atoms with van der Waals surface area (Å²) in [5, 5.41) is 3.37. The van der Waals surface area contributed by atoms with Crippen molar-refractivity contribution in [2.45, 2.75) is 19.8 Å². The van der Waals surface area contributed by atoms with Gasteiger partial charge in [0.2, 0.25) is 0 Å². The number of anilines is 3. The van der Waals surface area contributed by atoms with E-state index in [1.54, 1.807) is 7.05 Å². The Morgan fingerprint density at radius 3 is 2.44 bits per heavy atom. The van der Waals surface area contributed by atoms with Gasteiger partial charge in [-0.15, -0.1) is 0 Å². The molecule has 5 heteroatoms. The van der Waals surface area contributed by atoms with Gasteiger partial charge in [0.1, 0.15) is 0 Å². The molecule has 0 saturated carbocycles. The number of rotatable bonds is 3. The number of aromatic nitrogens is 1. The van der Waals surface area contributed by atoms with Crippen molar-refractivity contribution in [3.8, 4) is 0 Å². The van der Waals surface area contributed by atoms with E-state index >= 15 is 0 Å². The molecule has 1 aromatic heterocycles. The molecule has 4 rings (SSSR count). The highest BCUT2D eigenvalue weighted by Gasteiger charge is 2.15. The molecule has 25 heavy (non-hydrogen) atoms. The number of aryl methyl sites for hydroxylation is 1. The van der Waals surface area contributed by atoms with E-state index in [2.05, 4.69) is 41.4 Å². The minimum atomic E-state index is -0.340. The van der Waals surface area contributed by atoms with E-state index in [0.717, 1.165) is 35.9 Å². The van der Waals surface area contributed by atoms with Crippen LogP contribution in [0.5, 0.6) is 0 Å². The SMILES string of the molecule is CC1CCN(c2ccc(Nc3ccc4c(c3)oc(=O)n4C)cc2)CC1. The first kappa shape index (κ1) is 15.8. The molecule has 1 N–H and O–H groups in total. The molecule has 1 aliphatic rings. The fraction of sp³-hybridized carbons (Fsp3) is 0.350. The molecule has 0 aliphatic carbocycles. The minimum absolute atomic E-state index is 0.340. The third-order valence-corrected chi connectivity index (χ3v) is 5.10. The molecule has 0 spiro atoms. The van der Waals surface area contributed by atoms with E-state index in [9.17, 15) is 4.79 Å². The van der Waals surface area contributed by atoms with Gasteiger partial charge in [-0.1, -0.05) is 6.92 Å². The van der Waals surface area contributed by atoms with Crippen molar-refractivity contribution in [3.05, 3.63) is 53.0 Å². The lowest BCUT2D eigenvalue weighted by Crippen LogP contribution is -2.32. The van der Waals surface area contributed by atoms with Crippen molar-refractivity contribution >= 4 is 28.2 Å². The number of benzene rings is 2. The van der Waals surface area contributed by atoms with Crippen LogP contribution < -0.4 is 16.0 Å². The molecule has 0 radical (unpaired) electrons. The quantitative estimate of drug-likeness (QED) is 0.781. The Bertz CT molecular complexity index is 932. The van der Waals surface area contributed by atoms with E-state index < -0.39 is 0 Å². The number of nitrogens with one attached hydrogen (secondary N) is 1. The van der Waals surface area contributed by atoms with Gasteiger partial charge < -0.3 is 14.6 Å². The van der Waals surface area contributed by atoms with Gasteiger partial charge in [-0.2, -0.15) is 0 Å². The number of piperidine rings is 1. The highest BCUT2D eigenvalue weighted by Crippen LogP contribution is 2.26. The molecule has 2 aromatic carbocycles. The summed E-state index contributed by atoms with van der Waals surface area (Å²) in [6.45, 7) is 4.60. The van der Waals surface area contributed by atoms with Gasteiger partial charge in [0.05, 0.1) is 5.52 Å². The predicted octanol–water partition coefficient (Wildman–Crippen LogP) is 4.11. The monoisotopic (exact) mass is 337 g/mol. The second kappa shape index (κ2) is 6.31. The van der Waals surface area contributed by atoms with Gasteiger partial charge in [-0.05, 0) is 55.2 Å². The third kappa shape index (κ3) is 3.14. The molecule has 3 aromatic rings. The van der Waals surface area contributed by atoms with Crippen LogP contribution in [0.4, 0.5) is 17.1 Å². The Balaban J connectivity index is 1.50. The Morgan fingerprint density at radius 1 is 1.04 bits per heavy atom. The lowest BCUT2D eigenvalue weighted by Gasteiger charge is -2.32. The maximum absolute atomic E-state index is 11.6. The van der Waals surface area contributed by atoms with Crippen LogP contribution in [0.15, 0.2) is 51.7 Å². The summed E-state index contributed by atoms with van der Waals surface area (Å²) in [7, 11) is 1.71. The van der Waals surface area contributed by atoms with Crippen LogP contribution in [-0.2, 0) is 7.05 Å². The molecule has 1 saturated heterocycles. The molecule has 0 bridgehead atoms. The summed E-state index contributed by atoms with van der Waals surface area (Å²) in [6.07, 6.45) is 2.53. The fourth-order valence-corrected chi connectivity index (χ4v) is 3.40. The number of hydrogen-bond donors (Lipinski definition) is 1. The van der Waals surface area contributed by atoms with Gasteiger partial charge in [0.25, 0.3) is 0 Å². The summed E-state index contributed by atoms with van der Waals surface area (Å²) in [5.74, 6) is 0.498. The Kier molecular flexibility index (Phi) is 3.99. The molecule has 1 aliphatic heterocycles. The lowest BCUT2D eigenvalue weighted by atomic mass is 9.99. The van der Waals surface area contributed by atoms with Crippen molar-refractivity contribution in [3.63, 3.8) is 0 Å². The summed E-state index contributed by atoms with van der Waals surface area (Å²) in [6, 6.07) is 14.2. The summed E-state index contributed by atoms with van der Waals surface area (Å²) >= 11 is 0. The Morgan fingerprint density at radius 2 is 1.72 bits per heavy atom. The molecule has 1 fully saturated rings. The average molecular weight is 337 g/mol. The maximum Gasteiger partial charge on any atom is 0.419 e. The van der Waals surface area contributed by atoms with E-state index in [0.29, 0.717) is 5.58 Å². The molecule has 2 heterocycles. The Labute approximate surface area is 146 Å². The van der Waals surface area contributed by atoms with Crippen molar-refractivity contribution in [1.82, 2.24) is 4.57 Å². The van der Waals surface area contributed by atoms with Crippen molar-refractivity contribution in [2.75, 3.05) is 23.3 Å². The van der Waals surface area contributed by atoms with Crippen LogP contribution in [0.2, 0.25) is 0 Å². The van der Waals surface area contributed by atoms with Crippen LogP contribution in [0, 0.1) is 5.92 Å². The highest BCUT2D eigenvalue weighted by molar-refractivity contribution is 5.79. The second-order valence-electron chi connectivity index (χ2n) is 6.95. The van der Waals surface area contributed by atoms with Crippen LogP contribution in [0.25, 0.3) is 11.1 Å². The van der Waals surface area contributed by atoms with Crippen LogP contribution in [0.3, 0.4) is 0 Å². The highest BCUT2D eigenvalue weighted by atomic mass is 16.4. The first-order valence-electron chi connectivity index (χ1n) is 8.82. The van der Waals surface area contributed by atoms with Crippen molar-refractivity contribution in [2.24, 2.45) is 13.0 Å². The summed E-state index contributed by atoms with van der Waals surface area (Å²) < 4.78 is 6.75. The van der Waals surface area contributed by atoms with Crippen LogP contribution in [0.1, 0.15) is 19.8 Å². The van der Waals surface area contributed by atoms with E-state index in [-0.39, 0.29) is 5.76 Å². The zero-order valence-electron chi connectivity index (χ0n) is 14.7. The van der Waals surface area contributed by atoms with Gasteiger partial charge in [-0.3, -0.25) is 4.57 Å². The fourth-order valence-electron chi connectivity index (χ4n) is 3.40. The first-order valence-corrected chi connectivity index (χ1v) is 8.82. The predicted molar refractivity (Wildman–Crippen MR) is 102 cm³/mol. The molecule has 130 valence electrons. The largest absolute Gasteiger partial charge is 0.419 e. The maximum atomic E-state index is 11.6. The standard InChI is InChI=1S/C20H23N3O2/c1-14-9-11-23(12-10-14)17-6-3-15(4-7-17)21-16-5-8-18-19(13-16)25-20(24)22(18)2/h3-8,13-14,21H,9-12H2,1-2H3. The molecular weight excluding hydrogens is 314 g/mol. The van der Waals surface area contributed by atoms with Crippen LogP contribution in [-0.4, -0.2) is 17.7 Å². The number of nitrogens with zero attached hydrogens (tertiary/aromatic N) is 2. The second-order valence-corrected chi connectivity index (χ2v) is 6.95. The van der Waals surface area contributed by atoms with E-state index in [1.807, 2.05) is 18.2 Å². The molecule has 0 amide bonds. The van der Waals surface area contributed by atoms with Crippen LogP contribution >= 0.6 is 0 Å². The molecular formula is C20H23N3O2. The summed E-state index contributed by atoms with van der Waals surface area (Å²) in [5.41, 5.74) is 4.59. The summed E-state index contributed by atoms with van der Waals surface area (Å²) in [4.78, 5) is 14.0. The smallest absolute Gasteiger partial charge is 0.408 e. The van der Waals surface area contributed by atoms with E-state index in [1.165, 1.54) is 23.1 Å². The van der Waals surface area contributed by atoms with Gasteiger partial charge in [0, 0.05) is 43.3 Å².